The second-order valence-corrected chi connectivity index (χ2v) is 6.64. The number of pyridine rings is 2. The zero-order valence-electron chi connectivity index (χ0n) is 16.0. The van der Waals surface area contributed by atoms with E-state index in [0.29, 0.717) is 16.8 Å². The van der Waals surface area contributed by atoms with Gasteiger partial charge in [-0.15, -0.1) is 0 Å². The first-order valence-corrected chi connectivity index (χ1v) is 9.28. The number of nitrogens with one attached hydrogen (secondary N) is 1. The summed E-state index contributed by atoms with van der Waals surface area (Å²) in [5.41, 5.74) is 0.748. The molecule has 1 aromatic carbocycles. The molecule has 0 fully saturated rings. The SMILES string of the molecule is O=C(NCc1ccccc1)c1ccc(-n2nc(-c3cccnc3)cc2C(F)(F)F)nc1. The van der Waals surface area contributed by atoms with Crippen molar-refractivity contribution in [1.82, 2.24) is 25.1 Å². The van der Waals surface area contributed by atoms with E-state index < -0.39 is 11.9 Å². The van der Waals surface area contributed by atoms with Crippen molar-refractivity contribution < 1.29 is 18.0 Å². The number of rotatable bonds is 5. The van der Waals surface area contributed by atoms with Gasteiger partial charge in [0.25, 0.3) is 5.91 Å². The predicted molar refractivity (Wildman–Crippen MR) is 107 cm³/mol. The average molecular weight is 423 g/mol. The third kappa shape index (κ3) is 4.61. The summed E-state index contributed by atoms with van der Waals surface area (Å²) in [4.78, 5) is 20.3. The zero-order valence-corrected chi connectivity index (χ0v) is 16.0. The molecule has 0 saturated carbocycles. The van der Waals surface area contributed by atoms with Gasteiger partial charge < -0.3 is 5.32 Å². The van der Waals surface area contributed by atoms with Crippen LogP contribution in [-0.4, -0.2) is 25.7 Å². The fourth-order valence-electron chi connectivity index (χ4n) is 2.94. The van der Waals surface area contributed by atoms with Gasteiger partial charge in [-0.25, -0.2) is 9.67 Å². The highest BCUT2D eigenvalue weighted by Gasteiger charge is 2.36. The van der Waals surface area contributed by atoms with Crippen LogP contribution in [0.1, 0.15) is 21.6 Å². The number of amides is 1. The van der Waals surface area contributed by atoms with Gasteiger partial charge >= 0.3 is 6.18 Å². The quantitative estimate of drug-likeness (QED) is 0.520. The van der Waals surface area contributed by atoms with Gasteiger partial charge in [0, 0.05) is 30.7 Å². The first kappa shape index (κ1) is 20.3. The van der Waals surface area contributed by atoms with Gasteiger partial charge in [0.05, 0.1) is 11.3 Å². The van der Waals surface area contributed by atoms with Crippen LogP contribution < -0.4 is 5.32 Å². The maximum atomic E-state index is 13.6. The molecule has 1 amide bonds. The molecule has 3 aromatic heterocycles. The second kappa shape index (κ2) is 8.39. The Hall–Kier alpha value is -4.01. The minimum absolute atomic E-state index is 0.0536. The lowest BCUT2D eigenvalue weighted by molar-refractivity contribution is -0.142. The largest absolute Gasteiger partial charge is 0.433 e. The van der Waals surface area contributed by atoms with Crippen LogP contribution >= 0.6 is 0 Å². The molecule has 4 rings (SSSR count). The molecule has 31 heavy (non-hydrogen) atoms. The molecular formula is C22H16F3N5O. The van der Waals surface area contributed by atoms with Crippen LogP contribution in [0.4, 0.5) is 13.2 Å². The second-order valence-electron chi connectivity index (χ2n) is 6.64. The molecule has 3 heterocycles. The highest BCUT2D eigenvalue weighted by molar-refractivity contribution is 5.93. The van der Waals surface area contributed by atoms with Crippen LogP contribution in [0.2, 0.25) is 0 Å². The van der Waals surface area contributed by atoms with E-state index in [1.165, 1.54) is 30.7 Å². The Balaban J connectivity index is 1.58. The molecule has 0 aliphatic heterocycles. The zero-order chi connectivity index (χ0) is 21.8. The van der Waals surface area contributed by atoms with Crippen molar-refractivity contribution in [2.45, 2.75) is 12.7 Å². The lowest BCUT2D eigenvalue weighted by atomic mass is 10.2. The Morgan fingerprint density at radius 3 is 2.45 bits per heavy atom. The van der Waals surface area contributed by atoms with E-state index in [1.54, 1.807) is 12.1 Å². The van der Waals surface area contributed by atoms with Crippen LogP contribution in [0, 0.1) is 0 Å². The van der Waals surface area contributed by atoms with E-state index in [4.69, 9.17) is 0 Å². The van der Waals surface area contributed by atoms with Gasteiger partial charge in [-0.3, -0.25) is 9.78 Å². The van der Waals surface area contributed by atoms with Gasteiger partial charge in [-0.2, -0.15) is 18.3 Å². The monoisotopic (exact) mass is 423 g/mol. The molecule has 0 bridgehead atoms. The van der Waals surface area contributed by atoms with Gasteiger partial charge in [-0.1, -0.05) is 30.3 Å². The summed E-state index contributed by atoms with van der Waals surface area (Å²) in [6.07, 6.45) is -0.461. The van der Waals surface area contributed by atoms with Crippen molar-refractivity contribution in [2.24, 2.45) is 0 Å². The maximum Gasteiger partial charge on any atom is 0.433 e. The summed E-state index contributed by atoms with van der Waals surface area (Å²) in [7, 11) is 0. The average Bonchev–Trinajstić information content (AvgIpc) is 3.25. The van der Waals surface area contributed by atoms with Crippen LogP contribution in [0.5, 0.6) is 0 Å². The number of nitrogens with zero attached hydrogens (tertiary/aromatic N) is 4. The van der Waals surface area contributed by atoms with Crippen LogP contribution in [-0.2, 0) is 12.7 Å². The molecule has 9 heteroatoms. The summed E-state index contributed by atoms with van der Waals surface area (Å²) in [6, 6.07) is 16.3. The molecule has 1 N–H and O–H groups in total. The van der Waals surface area contributed by atoms with E-state index in [-0.39, 0.29) is 23.0 Å². The predicted octanol–water partition coefficient (Wildman–Crippen LogP) is 4.28. The van der Waals surface area contributed by atoms with Crippen molar-refractivity contribution in [1.29, 1.82) is 0 Å². The Bertz CT molecular complexity index is 1170. The summed E-state index contributed by atoms with van der Waals surface area (Å²) >= 11 is 0. The van der Waals surface area contributed by atoms with Crippen molar-refractivity contribution in [3.63, 3.8) is 0 Å². The summed E-state index contributed by atoms with van der Waals surface area (Å²) < 4.78 is 41.4. The Labute approximate surface area is 175 Å². The minimum Gasteiger partial charge on any atom is -0.348 e. The van der Waals surface area contributed by atoms with Gasteiger partial charge in [-0.05, 0) is 35.9 Å². The molecule has 0 aliphatic rings. The van der Waals surface area contributed by atoms with Gasteiger partial charge in [0.1, 0.15) is 0 Å². The maximum absolute atomic E-state index is 13.6. The normalized spacial score (nSPS) is 11.3. The third-order valence-corrected chi connectivity index (χ3v) is 4.48. The lowest BCUT2D eigenvalue weighted by Gasteiger charge is -2.10. The standard InChI is InChI=1S/C22H16F3N5O/c23-22(24,25)19-11-18(16-7-4-10-26-13-16)29-30(19)20-9-8-17(14-27-20)21(31)28-12-15-5-2-1-3-6-15/h1-11,13-14H,12H2,(H,28,31). The number of alkyl halides is 3. The van der Waals surface area contributed by atoms with E-state index in [1.807, 2.05) is 30.3 Å². The smallest absolute Gasteiger partial charge is 0.348 e. The molecule has 0 saturated heterocycles. The van der Waals surface area contributed by atoms with E-state index in [2.05, 4.69) is 20.4 Å². The molecule has 0 radical (unpaired) electrons. The summed E-state index contributed by atoms with van der Waals surface area (Å²) in [6.45, 7) is 0.327. The first-order chi connectivity index (χ1) is 14.9. The fourth-order valence-corrected chi connectivity index (χ4v) is 2.94. The lowest BCUT2D eigenvalue weighted by Crippen LogP contribution is -2.23. The number of hydrogen-bond donors (Lipinski definition) is 1. The number of carbonyl (C=O) groups is 1. The Kier molecular flexibility index (Phi) is 5.48. The van der Waals surface area contributed by atoms with Crippen LogP contribution in [0.15, 0.2) is 79.3 Å². The topological polar surface area (TPSA) is 72.7 Å². The molecule has 0 aliphatic carbocycles. The van der Waals surface area contributed by atoms with Gasteiger partial charge in [0.15, 0.2) is 11.5 Å². The highest BCUT2D eigenvalue weighted by atomic mass is 19.4. The fraction of sp³-hybridized carbons (Fsp3) is 0.0909. The molecule has 4 aromatic rings. The molecule has 0 atom stereocenters. The van der Waals surface area contributed by atoms with Crippen molar-refractivity contribution >= 4 is 5.91 Å². The molecule has 6 nitrogen and oxygen atoms in total. The summed E-state index contributed by atoms with van der Waals surface area (Å²) in [5, 5.41) is 6.81. The third-order valence-electron chi connectivity index (χ3n) is 4.48. The van der Waals surface area contributed by atoms with Crippen molar-refractivity contribution in [2.75, 3.05) is 0 Å². The molecule has 0 spiro atoms. The number of carbonyl (C=O) groups excluding carboxylic acids is 1. The van der Waals surface area contributed by atoms with Gasteiger partial charge in [0.2, 0.25) is 0 Å². The molecule has 0 unspecified atom stereocenters. The van der Waals surface area contributed by atoms with E-state index in [9.17, 15) is 18.0 Å². The van der Waals surface area contributed by atoms with Crippen molar-refractivity contribution in [3.05, 3.63) is 96.1 Å². The Morgan fingerprint density at radius 1 is 1.00 bits per heavy atom. The minimum atomic E-state index is -4.64. The summed E-state index contributed by atoms with van der Waals surface area (Å²) in [5.74, 6) is -0.433. The number of benzene rings is 1. The number of halogens is 3. The van der Waals surface area contributed by atoms with Crippen molar-refractivity contribution in [3.8, 4) is 17.1 Å². The highest BCUT2D eigenvalue weighted by Crippen LogP contribution is 2.33. The number of aromatic nitrogens is 4. The molecular weight excluding hydrogens is 407 g/mol. The van der Waals surface area contributed by atoms with Crippen LogP contribution in [0.25, 0.3) is 17.1 Å². The van der Waals surface area contributed by atoms with Crippen LogP contribution in [0.3, 0.4) is 0 Å². The van der Waals surface area contributed by atoms with E-state index in [0.717, 1.165) is 11.6 Å². The first-order valence-electron chi connectivity index (χ1n) is 9.28. The van der Waals surface area contributed by atoms with E-state index >= 15 is 0 Å². The Morgan fingerprint density at radius 2 is 1.81 bits per heavy atom. The molecule has 156 valence electrons. The number of hydrogen-bond acceptors (Lipinski definition) is 4.